The fourth-order valence-electron chi connectivity index (χ4n) is 5.69. The van der Waals surface area contributed by atoms with Gasteiger partial charge >= 0.3 is 0 Å². The highest BCUT2D eigenvalue weighted by Crippen LogP contribution is 2.60. The lowest BCUT2D eigenvalue weighted by atomic mass is 9.57. The number of benzene rings is 2. The van der Waals surface area contributed by atoms with Crippen LogP contribution in [-0.2, 0) is 15.8 Å². The summed E-state index contributed by atoms with van der Waals surface area (Å²) >= 11 is 0. The van der Waals surface area contributed by atoms with Crippen LogP contribution in [0.25, 0.3) is 0 Å². The molecule has 0 aromatic heterocycles. The third-order valence-electron chi connectivity index (χ3n) is 9.06. The first-order valence-electron chi connectivity index (χ1n) is 13.0. The highest BCUT2D eigenvalue weighted by atomic mass is 28.4. The highest BCUT2D eigenvalue weighted by molar-refractivity contribution is 6.74. The van der Waals surface area contributed by atoms with Gasteiger partial charge in [-0.1, -0.05) is 100 Å². The quantitative estimate of drug-likeness (QED) is 0.312. The Bertz CT molecular complexity index is 1120. The molecular formula is C31H42O3Si. The third kappa shape index (κ3) is 4.50. The van der Waals surface area contributed by atoms with E-state index in [2.05, 4.69) is 85.0 Å². The van der Waals surface area contributed by atoms with E-state index < -0.39 is 13.9 Å². The van der Waals surface area contributed by atoms with Gasteiger partial charge < -0.3 is 9.16 Å². The van der Waals surface area contributed by atoms with Crippen molar-refractivity contribution in [3.05, 3.63) is 82.4 Å². The standard InChI is InChI=1S/C31H42O3Si/c1-22-18-19-31(33-21-23-14-10-9-11-15-23)28(34-35(7,8)29(2,3)4)25-17-13-12-16-24(25)27(32)20-26(22)30(31,5)6/h9-17,28H,18-21H2,1-8H3/t28-,31+/m0/s1. The van der Waals surface area contributed by atoms with Crippen LogP contribution in [0, 0.1) is 5.41 Å². The minimum atomic E-state index is -2.22. The second kappa shape index (κ2) is 9.13. The van der Waals surface area contributed by atoms with E-state index in [-0.39, 0.29) is 22.3 Å². The first-order chi connectivity index (χ1) is 16.3. The summed E-state index contributed by atoms with van der Waals surface area (Å²) in [4.78, 5) is 13.7. The van der Waals surface area contributed by atoms with Gasteiger partial charge in [0.15, 0.2) is 14.1 Å². The van der Waals surface area contributed by atoms with Crippen molar-refractivity contribution >= 4 is 14.1 Å². The Kier molecular flexibility index (Phi) is 6.80. The van der Waals surface area contributed by atoms with Gasteiger partial charge in [-0.25, -0.2) is 0 Å². The predicted octanol–water partition coefficient (Wildman–Crippen LogP) is 8.43. The molecule has 0 heterocycles. The molecule has 0 unspecified atom stereocenters. The van der Waals surface area contributed by atoms with Crippen molar-refractivity contribution < 1.29 is 14.0 Å². The second-order valence-corrected chi connectivity index (χ2v) is 17.2. The molecule has 188 valence electrons. The number of ether oxygens (including phenoxy) is 1. The van der Waals surface area contributed by atoms with E-state index >= 15 is 0 Å². The average molecular weight is 491 g/mol. The molecule has 0 radical (unpaired) electrons. The van der Waals surface area contributed by atoms with Crippen molar-refractivity contribution in [1.29, 1.82) is 0 Å². The maximum Gasteiger partial charge on any atom is 0.193 e. The first kappa shape index (κ1) is 26.1. The Morgan fingerprint density at radius 2 is 1.63 bits per heavy atom. The van der Waals surface area contributed by atoms with Crippen molar-refractivity contribution in [2.45, 2.75) is 97.2 Å². The summed E-state index contributed by atoms with van der Waals surface area (Å²) in [6, 6.07) is 18.5. The zero-order valence-electron chi connectivity index (χ0n) is 22.8. The van der Waals surface area contributed by atoms with Crippen LogP contribution in [0.4, 0.5) is 0 Å². The topological polar surface area (TPSA) is 35.5 Å². The molecule has 35 heavy (non-hydrogen) atoms. The Labute approximate surface area is 213 Å². The van der Waals surface area contributed by atoms with E-state index in [4.69, 9.17) is 9.16 Å². The van der Waals surface area contributed by atoms with Gasteiger partial charge in [-0.15, -0.1) is 0 Å². The van der Waals surface area contributed by atoms with Crippen LogP contribution in [0.5, 0.6) is 0 Å². The Morgan fingerprint density at radius 3 is 2.29 bits per heavy atom. The number of hydrogen-bond acceptors (Lipinski definition) is 3. The summed E-state index contributed by atoms with van der Waals surface area (Å²) < 4.78 is 14.5. The van der Waals surface area contributed by atoms with Gasteiger partial charge in [0, 0.05) is 17.4 Å². The number of carbonyl (C=O) groups excluding carboxylic acids is 1. The molecule has 2 atom stereocenters. The summed E-state index contributed by atoms with van der Waals surface area (Å²) in [5.41, 5.74) is 4.52. The molecule has 2 bridgehead atoms. The zero-order valence-corrected chi connectivity index (χ0v) is 23.8. The Balaban J connectivity index is 1.96. The minimum absolute atomic E-state index is 0.0301. The van der Waals surface area contributed by atoms with Crippen molar-refractivity contribution in [3.8, 4) is 0 Å². The molecule has 0 saturated heterocycles. The number of ketones is 1. The number of allylic oxidation sites excluding steroid dienone is 1. The smallest absolute Gasteiger partial charge is 0.193 e. The SMILES string of the molecule is CC1=C2CC(=O)c3ccccc3[C@H](O[Si](C)(C)C(C)(C)C)[C@](OCc3ccccc3)(CC1)C2(C)C. The highest BCUT2D eigenvalue weighted by Gasteiger charge is 2.59. The van der Waals surface area contributed by atoms with E-state index in [0.717, 1.165) is 29.5 Å². The number of rotatable bonds is 5. The Morgan fingerprint density at radius 1 is 1.00 bits per heavy atom. The van der Waals surface area contributed by atoms with Crippen LogP contribution < -0.4 is 0 Å². The minimum Gasteiger partial charge on any atom is -0.407 e. The zero-order chi connectivity index (χ0) is 25.6. The largest absolute Gasteiger partial charge is 0.407 e. The summed E-state index contributed by atoms with van der Waals surface area (Å²) in [6.07, 6.45) is 1.90. The molecule has 3 nitrogen and oxygen atoms in total. The van der Waals surface area contributed by atoms with Crippen molar-refractivity contribution in [1.82, 2.24) is 0 Å². The van der Waals surface area contributed by atoms with Crippen LogP contribution in [0.1, 0.15) is 88.4 Å². The molecule has 0 amide bonds. The van der Waals surface area contributed by atoms with Gasteiger partial charge in [0.2, 0.25) is 0 Å². The maximum atomic E-state index is 13.7. The third-order valence-corrected chi connectivity index (χ3v) is 13.5. The van der Waals surface area contributed by atoms with Gasteiger partial charge in [-0.2, -0.15) is 0 Å². The van der Waals surface area contributed by atoms with Crippen molar-refractivity contribution in [2.24, 2.45) is 5.41 Å². The monoisotopic (exact) mass is 490 g/mol. The molecule has 2 aliphatic rings. The van der Waals surface area contributed by atoms with Crippen LogP contribution in [0.3, 0.4) is 0 Å². The molecule has 2 aromatic carbocycles. The second-order valence-electron chi connectivity index (χ2n) is 12.5. The fourth-order valence-corrected chi connectivity index (χ4v) is 6.95. The van der Waals surface area contributed by atoms with Crippen LogP contribution in [0.2, 0.25) is 18.1 Å². The first-order valence-corrected chi connectivity index (χ1v) is 15.9. The summed E-state index contributed by atoms with van der Waals surface area (Å²) in [5.74, 6) is 0.186. The number of carbonyl (C=O) groups is 1. The lowest BCUT2D eigenvalue weighted by Crippen LogP contribution is -2.59. The van der Waals surface area contributed by atoms with Crippen LogP contribution in [-0.4, -0.2) is 19.7 Å². The predicted molar refractivity (Wildman–Crippen MR) is 146 cm³/mol. The van der Waals surface area contributed by atoms with E-state index in [1.165, 1.54) is 11.1 Å². The summed E-state index contributed by atoms with van der Waals surface area (Å²) in [7, 11) is -2.22. The van der Waals surface area contributed by atoms with Gasteiger partial charge in [-0.05, 0) is 49.0 Å². The van der Waals surface area contributed by atoms with Crippen molar-refractivity contribution in [3.63, 3.8) is 0 Å². The number of fused-ring (bicyclic) bond motifs is 3. The molecule has 4 heteroatoms. The van der Waals surface area contributed by atoms with E-state index in [0.29, 0.717) is 13.0 Å². The molecule has 0 fully saturated rings. The molecule has 0 saturated carbocycles. The van der Waals surface area contributed by atoms with Crippen LogP contribution >= 0.6 is 0 Å². The molecule has 0 aliphatic heterocycles. The van der Waals surface area contributed by atoms with Gasteiger partial charge in [0.25, 0.3) is 0 Å². The van der Waals surface area contributed by atoms with E-state index in [1.807, 2.05) is 24.3 Å². The molecular weight excluding hydrogens is 448 g/mol. The number of hydrogen-bond donors (Lipinski definition) is 0. The fraction of sp³-hybridized carbons (Fsp3) is 0.516. The lowest BCUT2D eigenvalue weighted by Gasteiger charge is -2.58. The molecule has 2 aliphatic carbocycles. The average Bonchev–Trinajstić information content (AvgIpc) is 2.79. The molecule has 0 N–H and O–H groups in total. The molecule has 2 aromatic rings. The van der Waals surface area contributed by atoms with Crippen LogP contribution in [0.15, 0.2) is 65.7 Å². The van der Waals surface area contributed by atoms with Gasteiger partial charge in [0.05, 0.1) is 6.61 Å². The maximum absolute atomic E-state index is 13.7. The van der Waals surface area contributed by atoms with Crippen molar-refractivity contribution in [2.75, 3.05) is 0 Å². The summed E-state index contributed by atoms with van der Waals surface area (Å²) in [5, 5.41) is 0.0301. The van der Waals surface area contributed by atoms with Gasteiger partial charge in [-0.3, -0.25) is 4.79 Å². The Hall–Kier alpha value is -2.01. The van der Waals surface area contributed by atoms with E-state index in [9.17, 15) is 4.79 Å². The lowest BCUT2D eigenvalue weighted by molar-refractivity contribution is -0.190. The summed E-state index contributed by atoms with van der Waals surface area (Å²) in [6.45, 7) is 18.7. The normalized spacial score (nSPS) is 24.6. The molecule has 0 spiro atoms. The number of Topliss-reactive ketones (excluding diaryl/α,β-unsaturated/α-hetero) is 1. The van der Waals surface area contributed by atoms with E-state index in [1.54, 1.807) is 0 Å². The molecule has 4 rings (SSSR count). The van der Waals surface area contributed by atoms with Gasteiger partial charge in [0.1, 0.15) is 11.7 Å².